The molecule has 1 aromatic rings. The number of amides is 1. The van der Waals surface area contributed by atoms with Crippen LogP contribution in [0.15, 0.2) is 24.3 Å². The van der Waals surface area contributed by atoms with Gasteiger partial charge >= 0.3 is 0 Å². The first-order chi connectivity index (χ1) is 9.08. The topological polar surface area (TPSA) is 58.4 Å². The molecule has 0 aliphatic rings. The predicted octanol–water partition coefficient (Wildman–Crippen LogP) is 2.84. The highest BCUT2D eigenvalue weighted by Gasteiger charge is 2.09. The molecule has 21 heavy (non-hydrogen) atoms. The van der Waals surface area contributed by atoms with Crippen LogP contribution in [0.4, 0.5) is 5.69 Å². The summed E-state index contributed by atoms with van der Waals surface area (Å²) in [6.07, 6.45) is 2.36. The number of benzene rings is 1. The second-order valence-electron chi connectivity index (χ2n) is 4.93. The number of nitrogens with two attached hydrogens (primary N) is 1. The molecule has 0 heterocycles. The van der Waals surface area contributed by atoms with Gasteiger partial charge in [0.05, 0.1) is 0 Å². The highest BCUT2D eigenvalue weighted by atomic mass is 35.5. The summed E-state index contributed by atoms with van der Waals surface area (Å²) in [6.45, 7) is 5.56. The normalized spacial score (nSPS) is 10.9. The molecular weight excluding hydrogens is 309 g/mol. The molecule has 6 heteroatoms. The zero-order valence-corrected chi connectivity index (χ0v) is 14.6. The Kier molecular flexibility index (Phi) is 12.4. The van der Waals surface area contributed by atoms with E-state index in [-0.39, 0.29) is 36.8 Å². The average Bonchev–Trinajstić information content (AvgIpc) is 2.44. The molecule has 0 unspecified atom stereocenters. The number of nitrogens with one attached hydrogen (secondary N) is 1. The van der Waals surface area contributed by atoms with E-state index in [1.165, 1.54) is 12.8 Å². The minimum atomic E-state index is -0.0688. The van der Waals surface area contributed by atoms with Crippen LogP contribution in [-0.4, -0.2) is 32.1 Å². The number of halogens is 2. The van der Waals surface area contributed by atoms with Crippen molar-refractivity contribution in [3.63, 3.8) is 0 Å². The SMILES string of the molecule is CCCCN(C)c1ccc(C(=O)N[C@@H](C)CN)cc1.Cl.Cl. The first kappa shape index (κ1) is 22.3. The van der Waals surface area contributed by atoms with Gasteiger partial charge in [-0.15, -0.1) is 24.8 Å². The summed E-state index contributed by atoms with van der Waals surface area (Å²) >= 11 is 0. The standard InChI is InChI=1S/C15H25N3O.2ClH/c1-4-5-10-18(3)14-8-6-13(7-9-14)15(19)17-12(2)11-16;;/h6-9,12H,4-5,10-11,16H2,1-3H3,(H,17,19);2*1H/t12-;;/m0../s1. The highest BCUT2D eigenvalue weighted by Crippen LogP contribution is 2.14. The molecule has 0 aliphatic carbocycles. The van der Waals surface area contributed by atoms with E-state index < -0.39 is 0 Å². The summed E-state index contributed by atoms with van der Waals surface area (Å²) in [6, 6.07) is 7.68. The minimum absolute atomic E-state index is 0. The van der Waals surface area contributed by atoms with Gasteiger partial charge in [0, 0.05) is 37.4 Å². The second kappa shape index (κ2) is 11.7. The monoisotopic (exact) mass is 335 g/mol. The highest BCUT2D eigenvalue weighted by molar-refractivity contribution is 5.94. The molecule has 0 aromatic heterocycles. The van der Waals surface area contributed by atoms with Crippen LogP contribution in [0.5, 0.6) is 0 Å². The molecule has 0 saturated heterocycles. The summed E-state index contributed by atoms with van der Waals surface area (Å²) in [5, 5.41) is 2.85. The molecule has 0 spiro atoms. The van der Waals surface area contributed by atoms with Crippen LogP contribution in [0.3, 0.4) is 0 Å². The number of carbonyl (C=O) groups is 1. The molecule has 122 valence electrons. The molecule has 3 N–H and O–H groups in total. The Bertz CT molecular complexity index is 398. The number of unbranched alkanes of at least 4 members (excludes halogenated alkanes) is 1. The van der Waals surface area contributed by atoms with Gasteiger partial charge in [-0.2, -0.15) is 0 Å². The van der Waals surface area contributed by atoms with Gasteiger partial charge < -0.3 is 16.0 Å². The van der Waals surface area contributed by atoms with Gasteiger partial charge in [-0.05, 0) is 37.6 Å². The molecule has 0 fully saturated rings. The number of anilines is 1. The van der Waals surface area contributed by atoms with Crippen LogP contribution >= 0.6 is 24.8 Å². The van der Waals surface area contributed by atoms with E-state index in [2.05, 4.69) is 24.2 Å². The zero-order valence-electron chi connectivity index (χ0n) is 13.0. The molecule has 1 aromatic carbocycles. The third-order valence-electron chi connectivity index (χ3n) is 3.15. The number of rotatable bonds is 7. The van der Waals surface area contributed by atoms with Crippen LogP contribution in [0.25, 0.3) is 0 Å². The third kappa shape index (κ3) is 7.55. The number of hydrogen-bond acceptors (Lipinski definition) is 3. The Morgan fingerprint density at radius 3 is 2.33 bits per heavy atom. The van der Waals surface area contributed by atoms with Crippen LogP contribution in [0, 0.1) is 0 Å². The second-order valence-corrected chi connectivity index (χ2v) is 4.93. The van der Waals surface area contributed by atoms with E-state index in [4.69, 9.17) is 5.73 Å². The molecule has 1 rings (SSSR count). The van der Waals surface area contributed by atoms with E-state index in [0.717, 1.165) is 12.2 Å². The van der Waals surface area contributed by atoms with Crippen molar-refractivity contribution in [2.75, 3.05) is 25.0 Å². The van der Waals surface area contributed by atoms with Crippen LogP contribution in [0.2, 0.25) is 0 Å². The summed E-state index contributed by atoms with van der Waals surface area (Å²) in [5.74, 6) is -0.0688. The average molecular weight is 336 g/mol. The summed E-state index contributed by atoms with van der Waals surface area (Å²) in [4.78, 5) is 14.1. The van der Waals surface area contributed by atoms with Crippen molar-refractivity contribution in [1.29, 1.82) is 0 Å². The maximum absolute atomic E-state index is 11.9. The molecular formula is C15H27Cl2N3O. The third-order valence-corrected chi connectivity index (χ3v) is 3.15. The lowest BCUT2D eigenvalue weighted by Gasteiger charge is -2.19. The lowest BCUT2D eigenvalue weighted by atomic mass is 10.1. The maximum atomic E-state index is 11.9. The molecule has 1 amide bonds. The predicted molar refractivity (Wildman–Crippen MR) is 95.1 cm³/mol. The van der Waals surface area contributed by atoms with Crippen molar-refractivity contribution in [2.24, 2.45) is 5.73 Å². The van der Waals surface area contributed by atoms with Crippen LogP contribution in [-0.2, 0) is 0 Å². The van der Waals surface area contributed by atoms with Crippen molar-refractivity contribution in [3.05, 3.63) is 29.8 Å². The number of hydrogen-bond donors (Lipinski definition) is 2. The fourth-order valence-electron chi connectivity index (χ4n) is 1.76. The van der Waals surface area contributed by atoms with Gasteiger partial charge in [-0.1, -0.05) is 13.3 Å². The van der Waals surface area contributed by atoms with Crippen molar-refractivity contribution < 1.29 is 4.79 Å². The summed E-state index contributed by atoms with van der Waals surface area (Å²) in [7, 11) is 2.07. The van der Waals surface area contributed by atoms with E-state index >= 15 is 0 Å². The summed E-state index contributed by atoms with van der Waals surface area (Å²) in [5.41, 5.74) is 7.30. The van der Waals surface area contributed by atoms with Gasteiger partial charge in [0.25, 0.3) is 5.91 Å². The Labute approximate surface area is 140 Å². The van der Waals surface area contributed by atoms with E-state index in [0.29, 0.717) is 12.1 Å². The molecule has 4 nitrogen and oxygen atoms in total. The van der Waals surface area contributed by atoms with Gasteiger partial charge in [0.1, 0.15) is 0 Å². The maximum Gasteiger partial charge on any atom is 0.251 e. The van der Waals surface area contributed by atoms with E-state index in [1.807, 2.05) is 31.2 Å². The minimum Gasteiger partial charge on any atom is -0.375 e. The fraction of sp³-hybridized carbons (Fsp3) is 0.533. The zero-order chi connectivity index (χ0) is 14.3. The largest absolute Gasteiger partial charge is 0.375 e. The number of nitrogens with zero attached hydrogens (tertiary/aromatic N) is 1. The molecule has 0 radical (unpaired) electrons. The van der Waals surface area contributed by atoms with Crippen LogP contribution in [0.1, 0.15) is 37.0 Å². The molecule has 1 atom stereocenters. The molecule has 0 saturated carbocycles. The van der Waals surface area contributed by atoms with Crippen molar-refractivity contribution in [1.82, 2.24) is 5.32 Å². The van der Waals surface area contributed by atoms with Gasteiger partial charge in [-0.3, -0.25) is 4.79 Å². The van der Waals surface area contributed by atoms with Crippen molar-refractivity contribution >= 4 is 36.4 Å². The fourth-order valence-corrected chi connectivity index (χ4v) is 1.76. The first-order valence-corrected chi connectivity index (χ1v) is 6.90. The lowest BCUT2D eigenvalue weighted by Crippen LogP contribution is -2.37. The summed E-state index contributed by atoms with van der Waals surface area (Å²) < 4.78 is 0. The molecule has 0 aliphatic heterocycles. The first-order valence-electron chi connectivity index (χ1n) is 6.90. The Morgan fingerprint density at radius 1 is 1.29 bits per heavy atom. The Morgan fingerprint density at radius 2 is 1.86 bits per heavy atom. The van der Waals surface area contributed by atoms with E-state index in [1.54, 1.807) is 0 Å². The molecule has 0 bridgehead atoms. The Hall–Kier alpha value is -0.970. The van der Waals surface area contributed by atoms with Gasteiger partial charge in [0.2, 0.25) is 0 Å². The number of carbonyl (C=O) groups excluding carboxylic acids is 1. The van der Waals surface area contributed by atoms with Crippen molar-refractivity contribution in [2.45, 2.75) is 32.7 Å². The van der Waals surface area contributed by atoms with E-state index in [9.17, 15) is 4.79 Å². The Balaban J connectivity index is 0. The van der Waals surface area contributed by atoms with Crippen molar-refractivity contribution in [3.8, 4) is 0 Å². The lowest BCUT2D eigenvalue weighted by molar-refractivity contribution is 0.0941. The van der Waals surface area contributed by atoms with Crippen LogP contribution < -0.4 is 16.0 Å². The van der Waals surface area contributed by atoms with Gasteiger partial charge in [-0.25, -0.2) is 0 Å². The smallest absolute Gasteiger partial charge is 0.251 e. The van der Waals surface area contributed by atoms with Gasteiger partial charge in [0.15, 0.2) is 0 Å². The quantitative estimate of drug-likeness (QED) is 0.805.